The number of carbonyl (C=O) groups excluding carboxylic acids is 1. The van der Waals surface area contributed by atoms with Crippen LogP contribution in [0.25, 0.3) is 5.57 Å². The Morgan fingerprint density at radius 1 is 0.900 bits per heavy atom. The molecule has 2 aliphatic rings. The quantitative estimate of drug-likeness (QED) is 0.669. The van der Waals surface area contributed by atoms with Crippen molar-refractivity contribution in [2.45, 2.75) is 25.7 Å². The van der Waals surface area contributed by atoms with Crippen LogP contribution in [-0.4, -0.2) is 23.5 Å². The molecule has 3 heteroatoms. The van der Waals surface area contributed by atoms with Crippen molar-refractivity contribution in [1.82, 2.24) is 0 Å². The van der Waals surface area contributed by atoms with Gasteiger partial charge in [0.15, 0.2) is 5.78 Å². The standard InChI is InChI=1S/C13H12O.C4H3S.Li/c14-13-11-7-3-1-5-9(11)10-6-2-4-8-12(10)13;1-2-4-5-3-1;/h1,3,5,7H,2,4,6,8H2;1-3H;. The predicted octanol–water partition coefficient (Wildman–Crippen LogP) is 3.75. The molecule has 4 rings (SSSR count). The van der Waals surface area contributed by atoms with Crippen LogP contribution in [0.3, 0.4) is 0 Å². The van der Waals surface area contributed by atoms with Gasteiger partial charge in [-0.3, -0.25) is 4.79 Å². The number of allylic oxidation sites excluding steroid dienone is 2. The number of hydrogen-bond donors (Lipinski definition) is 0. The molecule has 96 valence electrons. The molecule has 0 aliphatic heterocycles. The van der Waals surface area contributed by atoms with Gasteiger partial charge in [0.25, 0.3) is 0 Å². The first kappa shape index (κ1) is 13.9. The van der Waals surface area contributed by atoms with E-state index in [0.29, 0.717) is 0 Å². The molecule has 0 radical (unpaired) electrons. The molecule has 20 heavy (non-hydrogen) atoms. The zero-order valence-electron chi connectivity index (χ0n) is 11.7. The molecule has 0 saturated heterocycles. The molecule has 0 spiro atoms. The fourth-order valence-electron chi connectivity index (χ4n) is 2.92. The molecule has 1 nitrogen and oxygen atoms in total. The van der Waals surface area contributed by atoms with Crippen molar-refractivity contribution in [3.05, 3.63) is 58.5 Å². The second kappa shape index (κ2) is 6.14. The fraction of sp³-hybridized carbons (Fsp3) is 0.235. The average Bonchev–Trinajstić information content (AvgIpc) is 3.08. The van der Waals surface area contributed by atoms with E-state index < -0.39 is 0 Å². The summed E-state index contributed by atoms with van der Waals surface area (Å²) in [5.74, 6) is 0.287. The molecule has 0 bridgehead atoms. The van der Waals surface area contributed by atoms with Gasteiger partial charge in [-0.25, -0.2) is 0 Å². The number of carbonyl (C=O) groups is 1. The van der Waals surface area contributed by atoms with Gasteiger partial charge in [0.1, 0.15) is 0 Å². The predicted molar refractivity (Wildman–Crippen MR) is 85.9 cm³/mol. The molecule has 0 unspecified atom stereocenters. The van der Waals surface area contributed by atoms with Gasteiger partial charge in [-0.05, 0) is 36.8 Å². The second-order valence-corrected chi connectivity index (χ2v) is 6.41. The van der Waals surface area contributed by atoms with Crippen molar-refractivity contribution in [2.24, 2.45) is 0 Å². The minimum atomic E-state index is 0.287. The number of fused-ring (bicyclic) bond motifs is 2. The van der Waals surface area contributed by atoms with Crippen LogP contribution < -0.4 is 3.55 Å². The Morgan fingerprint density at radius 3 is 2.20 bits per heavy atom. The summed E-state index contributed by atoms with van der Waals surface area (Å²) in [7, 11) is 0. The Kier molecular flexibility index (Phi) is 4.26. The van der Waals surface area contributed by atoms with Gasteiger partial charge in [0.2, 0.25) is 0 Å². The Labute approximate surface area is 132 Å². The zero-order chi connectivity index (χ0) is 13.9. The number of ketones is 1. The zero-order valence-corrected chi connectivity index (χ0v) is 12.5. The van der Waals surface area contributed by atoms with Gasteiger partial charge < -0.3 is 0 Å². The fourth-order valence-corrected chi connectivity index (χ4v) is 3.45. The third-order valence-electron chi connectivity index (χ3n) is 3.90. The summed E-state index contributed by atoms with van der Waals surface area (Å²) in [6, 6.07) is 12.2. The Balaban J connectivity index is 0.000000170. The molecule has 0 saturated carbocycles. The summed E-state index contributed by atoms with van der Waals surface area (Å²) >= 11 is 3.88. The first-order valence-electron chi connectivity index (χ1n) is 7.13. The maximum atomic E-state index is 12.0. The van der Waals surface area contributed by atoms with E-state index in [1.807, 2.05) is 18.2 Å². The number of thiophene rings is 1. The van der Waals surface area contributed by atoms with Gasteiger partial charge in [0.05, 0.1) is 0 Å². The molecule has 0 atom stereocenters. The summed E-state index contributed by atoms with van der Waals surface area (Å²) in [6.07, 6.45) is 4.50. The van der Waals surface area contributed by atoms with Crippen LogP contribution in [0, 0.1) is 0 Å². The molecule has 0 N–H and O–H groups in total. The normalized spacial score (nSPS) is 16.4. The van der Waals surface area contributed by atoms with Crippen molar-refractivity contribution in [1.29, 1.82) is 0 Å². The van der Waals surface area contributed by atoms with Crippen LogP contribution in [0.5, 0.6) is 0 Å². The van der Waals surface area contributed by atoms with Crippen molar-refractivity contribution in [2.75, 3.05) is 0 Å². The third kappa shape index (κ3) is 2.69. The number of benzene rings is 1. The van der Waals surface area contributed by atoms with Crippen LogP contribution in [0.2, 0.25) is 0 Å². The van der Waals surface area contributed by atoms with E-state index >= 15 is 0 Å². The minimum absolute atomic E-state index is 0.287. The molecule has 2 aromatic rings. The summed E-state index contributed by atoms with van der Waals surface area (Å²) in [5.41, 5.74) is 4.56. The topological polar surface area (TPSA) is 17.1 Å². The molecule has 1 aromatic heterocycles. The van der Waals surface area contributed by atoms with Crippen molar-refractivity contribution in [3.63, 3.8) is 0 Å². The van der Waals surface area contributed by atoms with Crippen molar-refractivity contribution >= 4 is 44.0 Å². The molecule has 0 fully saturated rings. The van der Waals surface area contributed by atoms with E-state index in [0.717, 1.165) is 24.0 Å². The molecule has 1 aromatic carbocycles. The summed E-state index contributed by atoms with van der Waals surface area (Å²) in [6.45, 7) is 0. The van der Waals surface area contributed by atoms with Gasteiger partial charge in [-0.1, -0.05) is 24.3 Å². The SMILES string of the molecule is O=C1C2=C(CCCC2)c2ccccc21.[Li][c]1cccs1. The number of hydrogen-bond acceptors (Lipinski definition) is 2. The van der Waals surface area contributed by atoms with Crippen molar-refractivity contribution in [3.8, 4) is 0 Å². The molecular formula is C17H15LiOS. The Morgan fingerprint density at radius 2 is 1.60 bits per heavy atom. The van der Waals surface area contributed by atoms with E-state index in [2.05, 4.69) is 41.3 Å². The molecule has 2 aliphatic carbocycles. The van der Waals surface area contributed by atoms with Gasteiger partial charge >= 0.3 is 50.1 Å². The first-order valence-corrected chi connectivity index (χ1v) is 8.01. The van der Waals surface area contributed by atoms with Crippen LogP contribution in [0.15, 0.2) is 47.4 Å². The van der Waals surface area contributed by atoms with Crippen LogP contribution >= 0.6 is 11.3 Å². The number of rotatable bonds is 0. The van der Waals surface area contributed by atoms with E-state index in [1.54, 1.807) is 11.3 Å². The van der Waals surface area contributed by atoms with Crippen LogP contribution in [0.1, 0.15) is 41.6 Å². The summed E-state index contributed by atoms with van der Waals surface area (Å²) < 4.78 is 1.38. The van der Waals surface area contributed by atoms with Crippen molar-refractivity contribution < 1.29 is 4.79 Å². The third-order valence-corrected chi connectivity index (χ3v) is 4.70. The van der Waals surface area contributed by atoms with Gasteiger partial charge in [0, 0.05) is 11.1 Å². The molecular weight excluding hydrogens is 259 g/mol. The van der Waals surface area contributed by atoms with Gasteiger partial charge in [-0.2, -0.15) is 0 Å². The maximum absolute atomic E-state index is 12.0. The monoisotopic (exact) mass is 274 g/mol. The van der Waals surface area contributed by atoms with E-state index in [4.69, 9.17) is 0 Å². The van der Waals surface area contributed by atoms with E-state index in [1.165, 1.54) is 27.5 Å². The van der Waals surface area contributed by atoms with E-state index in [-0.39, 0.29) is 5.78 Å². The van der Waals surface area contributed by atoms with E-state index in [9.17, 15) is 4.79 Å². The Bertz CT molecular complexity index is 655. The number of Topliss-reactive ketones (excluding diaryl/α,β-unsaturated/α-hetero) is 1. The molecule has 0 amide bonds. The van der Waals surface area contributed by atoms with Crippen LogP contribution in [-0.2, 0) is 0 Å². The van der Waals surface area contributed by atoms with Crippen LogP contribution in [0.4, 0.5) is 0 Å². The summed E-state index contributed by atoms with van der Waals surface area (Å²) in [5, 5.41) is 2.08. The summed E-state index contributed by atoms with van der Waals surface area (Å²) in [4.78, 5) is 12.0. The Hall–Kier alpha value is -1.07. The van der Waals surface area contributed by atoms with Gasteiger partial charge in [-0.15, -0.1) is 0 Å². The molecule has 1 heterocycles. The average molecular weight is 274 g/mol. The first-order chi connectivity index (χ1) is 9.77. The second-order valence-electron chi connectivity index (χ2n) is 5.26.